The summed E-state index contributed by atoms with van der Waals surface area (Å²) >= 11 is 0. The topological polar surface area (TPSA) is 59.4 Å². The fourth-order valence-electron chi connectivity index (χ4n) is 3.03. The van der Waals surface area contributed by atoms with Crippen molar-refractivity contribution in [3.05, 3.63) is 42.2 Å². The molecule has 0 radical (unpaired) electrons. The minimum Gasteiger partial charge on any atom is -0.490 e. The van der Waals surface area contributed by atoms with Gasteiger partial charge in [-0.3, -0.25) is 4.79 Å². The number of benzene rings is 1. The van der Waals surface area contributed by atoms with Gasteiger partial charge in [-0.25, -0.2) is 4.68 Å². The Morgan fingerprint density at radius 3 is 2.80 bits per heavy atom. The number of carbonyl (C=O) groups is 1. The molecule has 1 aliphatic heterocycles. The van der Waals surface area contributed by atoms with E-state index in [-0.39, 0.29) is 18.3 Å². The minimum absolute atomic E-state index is 0. The van der Waals surface area contributed by atoms with Crippen LogP contribution in [0.1, 0.15) is 30.3 Å². The molecule has 1 amide bonds. The standard InChI is InChI=1S/C18H24N4O2.ClH/c1-3-24-16-13-22(15-9-5-4-6-10-15)20-17(16)18(23)21-11-7-8-14(12-21)19-2;/h4-6,9-10,13-14,19H,3,7-8,11-12H2,1-2H3;1H. The molecule has 2 aromatic rings. The first kappa shape index (κ1) is 19.3. The number of likely N-dealkylation sites (tertiary alicyclic amines) is 1. The van der Waals surface area contributed by atoms with Crippen molar-refractivity contribution in [2.24, 2.45) is 0 Å². The summed E-state index contributed by atoms with van der Waals surface area (Å²) in [6.07, 6.45) is 3.88. The van der Waals surface area contributed by atoms with Gasteiger partial charge in [0.25, 0.3) is 5.91 Å². The Balaban J connectivity index is 0.00000225. The summed E-state index contributed by atoms with van der Waals surface area (Å²) in [6.45, 7) is 3.88. The Hall–Kier alpha value is -2.05. The quantitative estimate of drug-likeness (QED) is 0.885. The van der Waals surface area contributed by atoms with Gasteiger partial charge >= 0.3 is 0 Å². The average Bonchev–Trinajstić information content (AvgIpc) is 3.06. The molecule has 0 saturated carbocycles. The summed E-state index contributed by atoms with van der Waals surface area (Å²) in [7, 11) is 1.94. The van der Waals surface area contributed by atoms with E-state index < -0.39 is 0 Å². The summed E-state index contributed by atoms with van der Waals surface area (Å²) in [5.41, 5.74) is 1.29. The van der Waals surface area contributed by atoms with Crippen molar-refractivity contribution in [3.8, 4) is 11.4 Å². The van der Waals surface area contributed by atoms with Crippen LogP contribution in [0, 0.1) is 0 Å². The Morgan fingerprint density at radius 1 is 1.36 bits per heavy atom. The zero-order valence-electron chi connectivity index (χ0n) is 14.6. The number of hydrogen-bond acceptors (Lipinski definition) is 4. The number of hydrogen-bond donors (Lipinski definition) is 1. The highest BCUT2D eigenvalue weighted by molar-refractivity contribution is 5.95. The zero-order chi connectivity index (χ0) is 16.9. The molecule has 25 heavy (non-hydrogen) atoms. The fraction of sp³-hybridized carbons (Fsp3) is 0.444. The van der Waals surface area contributed by atoms with Crippen LogP contribution in [0.4, 0.5) is 0 Å². The molecule has 2 heterocycles. The third-order valence-corrected chi connectivity index (χ3v) is 4.32. The maximum Gasteiger partial charge on any atom is 0.278 e. The van der Waals surface area contributed by atoms with Crippen LogP contribution < -0.4 is 10.1 Å². The van der Waals surface area contributed by atoms with E-state index in [0.29, 0.717) is 30.6 Å². The van der Waals surface area contributed by atoms with E-state index >= 15 is 0 Å². The summed E-state index contributed by atoms with van der Waals surface area (Å²) in [5.74, 6) is 0.478. The van der Waals surface area contributed by atoms with Crippen LogP contribution in [0.3, 0.4) is 0 Å². The van der Waals surface area contributed by atoms with Gasteiger partial charge < -0.3 is 15.0 Å². The van der Waals surface area contributed by atoms with Crippen LogP contribution in [0.5, 0.6) is 5.75 Å². The smallest absolute Gasteiger partial charge is 0.278 e. The van der Waals surface area contributed by atoms with E-state index in [1.165, 1.54) is 0 Å². The lowest BCUT2D eigenvalue weighted by Gasteiger charge is -2.32. The molecule has 6 nitrogen and oxygen atoms in total. The number of carbonyl (C=O) groups excluding carboxylic acids is 1. The van der Waals surface area contributed by atoms with E-state index in [0.717, 1.165) is 25.1 Å². The van der Waals surface area contributed by atoms with E-state index in [4.69, 9.17) is 4.74 Å². The number of halogens is 1. The SMILES string of the molecule is CCOc1cn(-c2ccccc2)nc1C(=O)N1CCCC(NC)C1.Cl. The first-order chi connectivity index (χ1) is 11.7. The molecule has 1 N–H and O–H groups in total. The molecule has 1 unspecified atom stereocenters. The van der Waals surface area contributed by atoms with E-state index in [2.05, 4.69) is 10.4 Å². The summed E-state index contributed by atoms with van der Waals surface area (Å²) in [5, 5.41) is 7.77. The summed E-state index contributed by atoms with van der Waals surface area (Å²) in [6, 6.07) is 10.1. The van der Waals surface area contributed by atoms with Crippen molar-refractivity contribution in [1.29, 1.82) is 0 Å². The Kier molecular flexibility index (Phi) is 6.84. The van der Waals surface area contributed by atoms with Crippen LogP contribution in [0.15, 0.2) is 36.5 Å². The highest BCUT2D eigenvalue weighted by Gasteiger charge is 2.28. The van der Waals surface area contributed by atoms with E-state index in [9.17, 15) is 4.79 Å². The third-order valence-electron chi connectivity index (χ3n) is 4.32. The molecular weight excluding hydrogens is 340 g/mol. The number of ether oxygens (including phenoxy) is 1. The second-order valence-corrected chi connectivity index (χ2v) is 5.93. The van der Waals surface area contributed by atoms with Crippen LogP contribution >= 0.6 is 12.4 Å². The van der Waals surface area contributed by atoms with Gasteiger partial charge in [-0.2, -0.15) is 5.10 Å². The van der Waals surface area contributed by atoms with Gasteiger partial charge in [0.2, 0.25) is 0 Å². The molecule has 1 atom stereocenters. The van der Waals surface area contributed by atoms with Gasteiger partial charge in [0.05, 0.1) is 18.5 Å². The molecular formula is C18H25ClN4O2. The average molecular weight is 365 g/mol. The molecule has 1 fully saturated rings. The van der Waals surface area contributed by atoms with Crippen LogP contribution in [-0.4, -0.2) is 53.4 Å². The van der Waals surface area contributed by atoms with Gasteiger partial charge in [-0.05, 0) is 38.9 Å². The van der Waals surface area contributed by atoms with E-state index in [1.54, 1.807) is 10.9 Å². The van der Waals surface area contributed by atoms with Gasteiger partial charge in [-0.15, -0.1) is 12.4 Å². The predicted octanol–water partition coefficient (Wildman–Crippen LogP) is 2.52. The second kappa shape index (κ2) is 8.87. The lowest BCUT2D eigenvalue weighted by atomic mass is 10.1. The number of nitrogens with zero attached hydrogens (tertiary/aromatic N) is 3. The molecule has 7 heteroatoms. The minimum atomic E-state index is -0.0620. The second-order valence-electron chi connectivity index (χ2n) is 5.93. The van der Waals surface area contributed by atoms with E-state index in [1.807, 2.05) is 49.2 Å². The number of likely N-dealkylation sites (N-methyl/N-ethyl adjacent to an activating group) is 1. The molecule has 3 rings (SSSR count). The molecule has 1 aromatic heterocycles. The fourth-order valence-corrected chi connectivity index (χ4v) is 3.03. The zero-order valence-corrected chi connectivity index (χ0v) is 15.5. The summed E-state index contributed by atoms with van der Waals surface area (Å²) in [4.78, 5) is 14.8. The molecule has 0 bridgehead atoms. The van der Waals surface area contributed by atoms with Crippen LogP contribution in [-0.2, 0) is 0 Å². The first-order valence-corrected chi connectivity index (χ1v) is 8.47. The van der Waals surface area contributed by atoms with Crippen LogP contribution in [0.25, 0.3) is 5.69 Å². The number of amides is 1. The molecule has 1 saturated heterocycles. The number of rotatable bonds is 5. The highest BCUT2D eigenvalue weighted by Crippen LogP contribution is 2.23. The van der Waals surface area contributed by atoms with Crippen molar-refractivity contribution in [1.82, 2.24) is 20.0 Å². The maximum atomic E-state index is 12.9. The number of piperidine rings is 1. The summed E-state index contributed by atoms with van der Waals surface area (Å²) < 4.78 is 7.36. The highest BCUT2D eigenvalue weighted by atomic mass is 35.5. The largest absolute Gasteiger partial charge is 0.490 e. The van der Waals surface area contributed by atoms with Crippen molar-refractivity contribution >= 4 is 18.3 Å². The Bertz CT molecular complexity index is 690. The van der Waals surface area contributed by atoms with Gasteiger partial charge in [0, 0.05) is 19.1 Å². The lowest BCUT2D eigenvalue weighted by molar-refractivity contribution is 0.0687. The Labute approximate surface area is 154 Å². The van der Waals surface area contributed by atoms with Gasteiger partial charge in [-0.1, -0.05) is 18.2 Å². The van der Waals surface area contributed by atoms with Crippen molar-refractivity contribution < 1.29 is 9.53 Å². The van der Waals surface area contributed by atoms with Crippen molar-refractivity contribution in [2.45, 2.75) is 25.8 Å². The van der Waals surface area contributed by atoms with Gasteiger partial charge in [0.15, 0.2) is 11.4 Å². The number of aromatic nitrogens is 2. The molecule has 1 aliphatic rings. The number of nitrogens with one attached hydrogen (secondary N) is 1. The van der Waals surface area contributed by atoms with Gasteiger partial charge in [0.1, 0.15) is 0 Å². The normalized spacial score (nSPS) is 17.0. The molecule has 0 spiro atoms. The lowest BCUT2D eigenvalue weighted by Crippen LogP contribution is -2.47. The van der Waals surface area contributed by atoms with Crippen molar-refractivity contribution in [2.75, 3.05) is 26.7 Å². The first-order valence-electron chi connectivity index (χ1n) is 8.47. The molecule has 1 aromatic carbocycles. The van der Waals surface area contributed by atoms with Crippen LogP contribution in [0.2, 0.25) is 0 Å². The maximum absolute atomic E-state index is 12.9. The molecule has 0 aliphatic carbocycles. The predicted molar refractivity (Wildman–Crippen MR) is 100.0 cm³/mol. The third kappa shape index (κ3) is 4.32. The Morgan fingerprint density at radius 2 is 2.12 bits per heavy atom. The molecule has 136 valence electrons. The number of para-hydroxylation sites is 1. The monoisotopic (exact) mass is 364 g/mol. The van der Waals surface area contributed by atoms with Crippen molar-refractivity contribution in [3.63, 3.8) is 0 Å².